The number of hydrogen-bond acceptors (Lipinski definition) is 5. The first kappa shape index (κ1) is 16.0. The summed E-state index contributed by atoms with van der Waals surface area (Å²) in [5.41, 5.74) is 0.878. The van der Waals surface area contributed by atoms with Gasteiger partial charge < -0.3 is 15.5 Å². The van der Waals surface area contributed by atoms with Crippen molar-refractivity contribution in [3.63, 3.8) is 0 Å². The molecule has 0 unspecified atom stereocenters. The predicted molar refractivity (Wildman–Crippen MR) is 95.5 cm³/mol. The van der Waals surface area contributed by atoms with Gasteiger partial charge in [0.2, 0.25) is 5.95 Å². The van der Waals surface area contributed by atoms with Crippen molar-refractivity contribution in [2.24, 2.45) is 0 Å². The van der Waals surface area contributed by atoms with Crippen molar-refractivity contribution >= 4 is 29.1 Å². The van der Waals surface area contributed by atoms with E-state index in [0.29, 0.717) is 11.0 Å². The fourth-order valence-electron chi connectivity index (χ4n) is 2.74. The Morgan fingerprint density at radius 2 is 2.04 bits per heavy atom. The molecule has 0 amide bonds. The van der Waals surface area contributed by atoms with Crippen molar-refractivity contribution in [3.8, 4) is 0 Å². The van der Waals surface area contributed by atoms with Crippen molar-refractivity contribution in [1.82, 2.24) is 14.9 Å². The third-order valence-electron chi connectivity index (χ3n) is 3.89. The van der Waals surface area contributed by atoms with Gasteiger partial charge in [0.15, 0.2) is 0 Å². The van der Waals surface area contributed by atoms with Crippen molar-refractivity contribution in [2.75, 3.05) is 36.8 Å². The highest BCUT2D eigenvalue weighted by Crippen LogP contribution is 2.18. The topological polar surface area (TPSA) is 53.1 Å². The lowest BCUT2D eigenvalue weighted by atomic mass is 10.3. The second kappa shape index (κ2) is 8.13. The monoisotopic (exact) mass is 331 g/mol. The first-order chi connectivity index (χ1) is 11.3. The summed E-state index contributed by atoms with van der Waals surface area (Å²) in [6.45, 7) is 4.58. The molecule has 1 aliphatic rings. The summed E-state index contributed by atoms with van der Waals surface area (Å²) in [5, 5.41) is 7.21. The van der Waals surface area contributed by atoms with Gasteiger partial charge in [-0.1, -0.05) is 17.7 Å². The number of benzene rings is 1. The van der Waals surface area contributed by atoms with Gasteiger partial charge in [-0.25, -0.2) is 4.98 Å². The largest absolute Gasteiger partial charge is 0.370 e. The second-order valence-corrected chi connectivity index (χ2v) is 6.17. The van der Waals surface area contributed by atoms with Crippen LogP contribution in [0.2, 0.25) is 5.02 Å². The van der Waals surface area contributed by atoms with Gasteiger partial charge in [-0.05, 0) is 63.2 Å². The SMILES string of the molecule is Clc1cccc(Nc2nccc(NCCCN3CCCC3)n2)c1. The summed E-state index contributed by atoms with van der Waals surface area (Å²) in [5.74, 6) is 1.41. The maximum Gasteiger partial charge on any atom is 0.229 e. The van der Waals surface area contributed by atoms with Gasteiger partial charge >= 0.3 is 0 Å². The van der Waals surface area contributed by atoms with E-state index in [1.54, 1.807) is 6.20 Å². The molecule has 1 aliphatic heterocycles. The standard InChI is InChI=1S/C17H22ClN5/c18-14-5-3-6-15(13-14)21-17-20-9-7-16(22-17)19-8-4-12-23-10-1-2-11-23/h3,5-7,9,13H,1-2,4,8,10-12H2,(H2,19,20,21,22). The van der Waals surface area contributed by atoms with Crippen LogP contribution in [0, 0.1) is 0 Å². The quantitative estimate of drug-likeness (QED) is 0.756. The normalized spacial score (nSPS) is 14.8. The van der Waals surface area contributed by atoms with Crippen LogP contribution < -0.4 is 10.6 Å². The molecule has 0 atom stereocenters. The van der Waals surface area contributed by atoms with Crippen LogP contribution in [0.5, 0.6) is 0 Å². The molecule has 3 rings (SSSR count). The van der Waals surface area contributed by atoms with Gasteiger partial charge in [0.25, 0.3) is 0 Å². The third kappa shape index (κ3) is 5.08. The number of rotatable bonds is 7. The number of hydrogen-bond donors (Lipinski definition) is 2. The molecule has 0 aliphatic carbocycles. The summed E-state index contributed by atoms with van der Waals surface area (Å²) in [7, 11) is 0. The lowest BCUT2D eigenvalue weighted by Crippen LogP contribution is -2.22. The molecule has 1 saturated heterocycles. The van der Waals surface area contributed by atoms with Gasteiger partial charge in [-0.2, -0.15) is 4.98 Å². The van der Waals surface area contributed by atoms with Gasteiger partial charge in [0.1, 0.15) is 5.82 Å². The Hall–Kier alpha value is -1.85. The van der Waals surface area contributed by atoms with E-state index in [0.717, 1.165) is 31.0 Å². The Kier molecular flexibility index (Phi) is 5.66. The first-order valence-corrected chi connectivity index (χ1v) is 8.49. The number of nitrogens with one attached hydrogen (secondary N) is 2. The van der Waals surface area contributed by atoms with Crippen LogP contribution in [-0.2, 0) is 0 Å². The predicted octanol–water partition coefficient (Wildman–Crippen LogP) is 3.77. The van der Waals surface area contributed by atoms with E-state index in [2.05, 4.69) is 25.5 Å². The van der Waals surface area contributed by atoms with Crippen LogP contribution in [-0.4, -0.2) is 41.0 Å². The van der Waals surface area contributed by atoms with Gasteiger partial charge in [-0.15, -0.1) is 0 Å². The van der Waals surface area contributed by atoms with E-state index in [1.165, 1.54) is 25.9 Å². The van der Waals surface area contributed by atoms with E-state index >= 15 is 0 Å². The smallest absolute Gasteiger partial charge is 0.229 e. The third-order valence-corrected chi connectivity index (χ3v) is 4.13. The molecule has 0 saturated carbocycles. The number of anilines is 3. The zero-order chi connectivity index (χ0) is 15.9. The maximum atomic E-state index is 5.98. The number of likely N-dealkylation sites (tertiary alicyclic amines) is 1. The Morgan fingerprint density at radius 1 is 1.17 bits per heavy atom. The summed E-state index contributed by atoms with van der Waals surface area (Å²) >= 11 is 5.98. The average Bonchev–Trinajstić information content (AvgIpc) is 3.05. The lowest BCUT2D eigenvalue weighted by molar-refractivity contribution is 0.337. The summed E-state index contributed by atoms with van der Waals surface area (Å²) in [4.78, 5) is 11.2. The van der Waals surface area contributed by atoms with E-state index in [-0.39, 0.29) is 0 Å². The van der Waals surface area contributed by atoms with Gasteiger partial charge in [0.05, 0.1) is 0 Å². The lowest BCUT2D eigenvalue weighted by Gasteiger charge is -2.14. The molecule has 122 valence electrons. The van der Waals surface area contributed by atoms with Gasteiger partial charge in [-0.3, -0.25) is 0 Å². The molecule has 0 radical (unpaired) electrons. The molecule has 2 aromatic rings. The molecule has 1 fully saturated rings. The van der Waals surface area contributed by atoms with E-state index in [4.69, 9.17) is 11.6 Å². The average molecular weight is 332 g/mol. The minimum absolute atomic E-state index is 0.566. The van der Waals surface area contributed by atoms with Crippen molar-refractivity contribution in [3.05, 3.63) is 41.6 Å². The highest BCUT2D eigenvalue weighted by molar-refractivity contribution is 6.30. The molecule has 5 nitrogen and oxygen atoms in total. The molecule has 23 heavy (non-hydrogen) atoms. The number of aromatic nitrogens is 2. The van der Waals surface area contributed by atoms with E-state index < -0.39 is 0 Å². The van der Waals surface area contributed by atoms with Crippen LogP contribution >= 0.6 is 11.6 Å². The summed E-state index contributed by atoms with van der Waals surface area (Å²) in [6.07, 6.45) is 5.57. The minimum Gasteiger partial charge on any atom is -0.370 e. The molecular weight excluding hydrogens is 310 g/mol. The van der Waals surface area contributed by atoms with Crippen LogP contribution in [0.25, 0.3) is 0 Å². The van der Waals surface area contributed by atoms with Crippen LogP contribution in [0.15, 0.2) is 36.5 Å². The zero-order valence-electron chi connectivity index (χ0n) is 13.1. The zero-order valence-corrected chi connectivity index (χ0v) is 13.9. The Morgan fingerprint density at radius 3 is 2.87 bits per heavy atom. The number of halogens is 1. The molecule has 2 N–H and O–H groups in total. The summed E-state index contributed by atoms with van der Waals surface area (Å²) in [6, 6.07) is 9.41. The minimum atomic E-state index is 0.566. The second-order valence-electron chi connectivity index (χ2n) is 5.73. The molecule has 2 heterocycles. The first-order valence-electron chi connectivity index (χ1n) is 8.11. The van der Waals surface area contributed by atoms with Crippen molar-refractivity contribution in [2.45, 2.75) is 19.3 Å². The highest BCUT2D eigenvalue weighted by atomic mass is 35.5. The van der Waals surface area contributed by atoms with E-state index in [9.17, 15) is 0 Å². The van der Waals surface area contributed by atoms with Crippen LogP contribution in [0.1, 0.15) is 19.3 Å². The van der Waals surface area contributed by atoms with Crippen molar-refractivity contribution < 1.29 is 0 Å². The number of nitrogens with zero attached hydrogens (tertiary/aromatic N) is 3. The fraction of sp³-hybridized carbons (Fsp3) is 0.412. The highest BCUT2D eigenvalue weighted by Gasteiger charge is 2.10. The molecule has 1 aromatic heterocycles. The molecular formula is C17H22ClN5. The molecule has 1 aromatic carbocycles. The fourth-order valence-corrected chi connectivity index (χ4v) is 2.93. The van der Waals surface area contributed by atoms with E-state index in [1.807, 2.05) is 30.3 Å². The van der Waals surface area contributed by atoms with Crippen molar-refractivity contribution in [1.29, 1.82) is 0 Å². The molecule has 0 bridgehead atoms. The van der Waals surface area contributed by atoms with Crippen LogP contribution in [0.3, 0.4) is 0 Å². The molecule has 6 heteroatoms. The maximum absolute atomic E-state index is 5.98. The Bertz CT molecular complexity index is 628. The molecule has 0 spiro atoms. The Balaban J connectivity index is 1.48. The van der Waals surface area contributed by atoms with Gasteiger partial charge in [0, 0.05) is 23.5 Å². The summed E-state index contributed by atoms with van der Waals surface area (Å²) < 4.78 is 0. The Labute approximate surface area is 142 Å². The van der Waals surface area contributed by atoms with Crippen LogP contribution in [0.4, 0.5) is 17.5 Å².